The summed E-state index contributed by atoms with van der Waals surface area (Å²) in [4.78, 5) is 32.6. The lowest BCUT2D eigenvalue weighted by Crippen LogP contribution is -2.43. The number of fused-ring (bicyclic) bond motifs is 1. The number of amides is 1. The zero-order valence-electron chi connectivity index (χ0n) is 17.5. The first-order valence-electron chi connectivity index (χ1n) is 9.67. The summed E-state index contributed by atoms with van der Waals surface area (Å²) in [6.07, 6.45) is 3.92. The van der Waals surface area contributed by atoms with E-state index in [1.807, 2.05) is 6.26 Å². The number of halogens is 1. The first-order chi connectivity index (χ1) is 15.5. The van der Waals surface area contributed by atoms with Crippen LogP contribution in [0.3, 0.4) is 0 Å². The molecule has 0 aliphatic rings. The Morgan fingerprint density at radius 3 is 2.59 bits per heavy atom. The van der Waals surface area contributed by atoms with Crippen LogP contribution in [0.1, 0.15) is 6.42 Å². The van der Waals surface area contributed by atoms with Gasteiger partial charge in [0.25, 0.3) is 5.91 Å². The summed E-state index contributed by atoms with van der Waals surface area (Å²) in [5, 5.41) is 3.22. The molecule has 10 heteroatoms. The molecule has 1 aromatic heterocycles. The van der Waals surface area contributed by atoms with Gasteiger partial charge in [-0.3, -0.25) is 4.79 Å². The van der Waals surface area contributed by atoms with Crippen molar-refractivity contribution in [3.05, 3.63) is 53.7 Å². The molecule has 0 saturated heterocycles. The normalized spacial score (nSPS) is 11.6. The molecule has 8 nitrogen and oxygen atoms in total. The van der Waals surface area contributed by atoms with Gasteiger partial charge in [-0.1, -0.05) is 11.6 Å². The van der Waals surface area contributed by atoms with Crippen molar-refractivity contribution in [3.8, 4) is 17.4 Å². The number of methoxy groups -OCH3 is 1. The summed E-state index contributed by atoms with van der Waals surface area (Å²) in [6, 6.07) is 11.3. The van der Waals surface area contributed by atoms with Crippen LogP contribution in [0.15, 0.2) is 48.7 Å². The molecule has 0 aliphatic carbocycles. The van der Waals surface area contributed by atoms with Gasteiger partial charge in [0.2, 0.25) is 5.88 Å². The molecular formula is C22H22ClN3O5S. The van der Waals surface area contributed by atoms with Gasteiger partial charge in [0.15, 0.2) is 6.61 Å². The number of hydrogen-bond acceptors (Lipinski definition) is 8. The van der Waals surface area contributed by atoms with E-state index in [0.29, 0.717) is 39.9 Å². The highest BCUT2D eigenvalue weighted by Gasteiger charge is 2.21. The molecule has 1 N–H and O–H groups in total. The number of esters is 1. The third kappa shape index (κ3) is 6.73. The van der Waals surface area contributed by atoms with Crippen molar-refractivity contribution in [3.63, 3.8) is 0 Å². The van der Waals surface area contributed by atoms with Crippen molar-refractivity contribution in [1.29, 1.82) is 0 Å². The largest absolute Gasteiger partial charge is 0.484 e. The number of carbonyl (C=O) groups excluding carboxylic acids is 2. The van der Waals surface area contributed by atoms with Crippen LogP contribution >= 0.6 is 23.4 Å². The number of nitrogens with one attached hydrogen (secondary N) is 1. The molecule has 168 valence electrons. The van der Waals surface area contributed by atoms with Gasteiger partial charge in [-0.05, 0) is 60.9 Å². The molecule has 1 amide bonds. The maximum Gasteiger partial charge on any atom is 0.328 e. The van der Waals surface area contributed by atoms with E-state index in [1.165, 1.54) is 13.3 Å². The maximum atomic E-state index is 12.1. The average molecular weight is 476 g/mol. The molecule has 0 saturated carbocycles. The minimum atomic E-state index is -0.696. The summed E-state index contributed by atoms with van der Waals surface area (Å²) in [5.74, 6) is 1.18. The van der Waals surface area contributed by atoms with Crippen LogP contribution in [-0.2, 0) is 14.3 Å². The van der Waals surface area contributed by atoms with Crippen LogP contribution in [0.25, 0.3) is 11.0 Å². The lowest BCUT2D eigenvalue weighted by Gasteiger charge is -2.16. The van der Waals surface area contributed by atoms with Crippen molar-refractivity contribution in [2.45, 2.75) is 12.5 Å². The predicted octanol–water partition coefficient (Wildman–Crippen LogP) is 3.87. The highest BCUT2D eigenvalue weighted by atomic mass is 35.5. The Morgan fingerprint density at radius 1 is 1.12 bits per heavy atom. The van der Waals surface area contributed by atoms with Crippen LogP contribution in [0.4, 0.5) is 0 Å². The average Bonchev–Trinajstić information content (AvgIpc) is 2.81. The summed E-state index contributed by atoms with van der Waals surface area (Å²) in [5.41, 5.74) is 1.34. The van der Waals surface area contributed by atoms with Crippen molar-refractivity contribution in [2.24, 2.45) is 0 Å². The van der Waals surface area contributed by atoms with E-state index in [1.54, 1.807) is 54.2 Å². The zero-order valence-corrected chi connectivity index (χ0v) is 19.1. The maximum absolute atomic E-state index is 12.1. The molecule has 32 heavy (non-hydrogen) atoms. The molecule has 0 radical (unpaired) electrons. The third-order valence-electron chi connectivity index (χ3n) is 4.33. The number of hydrogen-bond donors (Lipinski definition) is 1. The number of nitrogens with zero attached hydrogens (tertiary/aromatic N) is 2. The van der Waals surface area contributed by atoms with Crippen LogP contribution in [-0.4, -0.2) is 53.6 Å². The standard InChI is InChI=1S/C22H22ClN3O5S/c1-29-22(28)18(9-10-32-2)25-20(27)13-30-15-4-6-16(7-5-15)31-21-12-24-19-11-14(23)3-8-17(19)26-21/h3-8,11-12,18H,9-10,13H2,1-2H3,(H,25,27)/t18-/m0/s1. The summed E-state index contributed by atoms with van der Waals surface area (Å²) < 4.78 is 16.0. The first-order valence-corrected chi connectivity index (χ1v) is 11.4. The molecule has 0 bridgehead atoms. The fraction of sp³-hybridized carbons (Fsp3) is 0.273. The van der Waals surface area contributed by atoms with Crippen molar-refractivity contribution < 1.29 is 23.8 Å². The second-order valence-electron chi connectivity index (χ2n) is 6.63. The van der Waals surface area contributed by atoms with Crippen molar-refractivity contribution in [1.82, 2.24) is 15.3 Å². The Labute approximate surface area is 194 Å². The summed E-state index contributed by atoms with van der Waals surface area (Å²) in [6.45, 7) is -0.230. The Bertz CT molecular complexity index is 1080. The van der Waals surface area contributed by atoms with Crippen molar-refractivity contribution >= 4 is 46.3 Å². The number of ether oxygens (including phenoxy) is 3. The second-order valence-corrected chi connectivity index (χ2v) is 8.05. The van der Waals surface area contributed by atoms with Gasteiger partial charge < -0.3 is 19.5 Å². The zero-order chi connectivity index (χ0) is 22.9. The van der Waals surface area contributed by atoms with Gasteiger partial charge in [0.05, 0.1) is 24.3 Å². The molecular weight excluding hydrogens is 454 g/mol. The quantitative estimate of drug-likeness (QED) is 0.441. The third-order valence-corrected chi connectivity index (χ3v) is 5.21. The number of rotatable bonds is 10. The van der Waals surface area contributed by atoms with E-state index in [4.69, 9.17) is 25.8 Å². The summed E-state index contributed by atoms with van der Waals surface area (Å²) >= 11 is 7.54. The van der Waals surface area contributed by atoms with E-state index in [2.05, 4.69) is 15.3 Å². The smallest absolute Gasteiger partial charge is 0.328 e. The van der Waals surface area contributed by atoms with Gasteiger partial charge in [0, 0.05) is 5.02 Å². The van der Waals surface area contributed by atoms with E-state index in [0.717, 1.165) is 5.75 Å². The first kappa shape index (κ1) is 23.6. The van der Waals surface area contributed by atoms with Crippen LogP contribution in [0, 0.1) is 0 Å². The molecule has 2 aromatic carbocycles. The molecule has 3 aromatic rings. The molecule has 0 unspecified atom stereocenters. The molecule has 0 aliphatic heterocycles. The van der Waals surface area contributed by atoms with Crippen LogP contribution < -0.4 is 14.8 Å². The molecule has 0 spiro atoms. The van der Waals surface area contributed by atoms with Gasteiger partial charge in [-0.2, -0.15) is 11.8 Å². The number of benzene rings is 2. The van der Waals surface area contributed by atoms with Gasteiger partial charge in [-0.25, -0.2) is 14.8 Å². The summed E-state index contributed by atoms with van der Waals surface area (Å²) in [7, 11) is 1.29. The van der Waals surface area contributed by atoms with Crippen LogP contribution in [0.5, 0.6) is 17.4 Å². The number of thioether (sulfide) groups is 1. The predicted molar refractivity (Wildman–Crippen MR) is 124 cm³/mol. The molecule has 1 heterocycles. The van der Waals surface area contributed by atoms with Crippen LogP contribution in [0.2, 0.25) is 5.02 Å². The Morgan fingerprint density at radius 2 is 1.88 bits per heavy atom. The van der Waals surface area contributed by atoms with E-state index < -0.39 is 17.9 Å². The lowest BCUT2D eigenvalue weighted by molar-refractivity contribution is -0.145. The molecule has 1 atom stereocenters. The highest BCUT2D eigenvalue weighted by Crippen LogP contribution is 2.24. The molecule has 3 rings (SSSR count). The van der Waals surface area contributed by atoms with Gasteiger partial charge >= 0.3 is 5.97 Å². The fourth-order valence-electron chi connectivity index (χ4n) is 2.75. The van der Waals surface area contributed by atoms with Gasteiger partial charge in [-0.15, -0.1) is 0 Å². The molecule has 0 fully saturated rings. The minimum absolute atomic E-state index is 0.230. The lowest BCUT2D eigenvalue weighted by atomic mass is 10.2. The van der Waals surface area contributed by atoms with E-state index in [9.17, 15) is 9.59 Å². The van der Waals surface area contributed by atoms with E-state index >= 15 is 0 Å². The van der Waals surface area contributed by atoms with E-state index in [-0.39, 0.29) is 6.61 Å². The van der Waals surface area contributed by atoms with Gasteiger partial charge in [0.1, 0.15) is 17.5 Å². The minimum Gasteiger partial charge on any atom is -0.484 e. The Hall–Kier alpha value is -3.04. The topological polar surface area (TPSA) is 99.6 Å². The highest BCUT2D eigenvalue weighted by molar-refractivity contribution is 7.98. The van der Waals surface area contributed by atoms with Crippen molar-refractivity contribution in [2.75, 3.05) is 25.7 Å². The SMILES string of the molecule is COC(=O)[C@H](CCSC)NC(=O)COc1ccc(Oc2cnc3cc(Cl)ccc3n2)cc1. The Kier molecular flexibility index (Phi) is 8.52. The fourth-order valence-corrected chi connectivity index (χ4v) is 3.39. The second kappa shape index (κ2) is 11.5. The monoisotopic (exact) mass is 475 g/mol. The number of aromatic nitrogens is 2. The Balaban J connectivity index is 1.53. The number of carbonyl (C=O) groups is 2.